The fourth-order valence-electron chi connectivity index (χ4n) is 2.73. The number of non-ortho nitro benzene ring substituents is 1. The van der Waals surface area contributed by atoms with E-state index in [0.29, 0.717) is 5.69 Å². The number of benzene rings is 3. The van der Waals surface area contributed by atoms with E-state index in [9.17, 15) is 20.2 Å². The zero-order valence-electron chi connectivity index (χ0n) is 12.9. The van der Waals surface area contributed by atoms with Gasteiger partial charge in [-0.15, -0.1) is 0 Å². The maximum absolute atomic E-state index is 11.4. The number of nitro groups is 2. The lowest BCUT2D eigenvalue weighted by Gasteiger charge is -2.08. The number of rotatable bonds is 4. The average molecular weight is 351 g/mol. The third-order valence-corrected chi connectivity index (χ3v) is 3.91. The molecule has 4 rings (SSSR count). The van der Waals surface area contributed by atoms with Crippen molar-refractivity contribution in [3.05, 3.63) is 68.8 Å². The molecule has 10 nitrogen and oxygen atoms in total. The predicted molar refractivity (Wildman–Crippen MR) is 92.3 cm³/mol. The molecule has 3 aromatic carbocycles. The summed E-state index contributed by atoms with van der Waals surface area (Å²) in [6, 6.07) is 13.9. The van der Waals surface area contributed by atoms with Crippen molar-refractivity contribution in [2.75, 3.05) is 5.32 Å². The number of nitro benzene ring substituents is 2. The highest BCUT2D eigenvalue weighted by atomic mass is 16.6. The SMILES string of the molecule is O=[N+]([O-])c1cc([N+](=O)[O-])c2nonc2c1Nc1ccc2ccccc2c1. The van der Waals surface area contributed by atoms with Crippen LogP contribution < -0.4 is 5.32 Å². The summed E-state index contributed by atoms with van der Waals surface area (Å²) in [5.74, 6) is 0. The highest BCUT2D eigenvalue weighted by Crippen LogP contribution is 2.39. The van der Waals surface area contributed by atoms with Gasteiger partial charge in [0.1, 0.15) is 5.69 Å². The maximum Gasteiger partial charge on any atom is 0.307 e. The molecule has 4 aromatic rings. The number of aromatic nitrogens is 2. The molecule has 0 aliphatic rings. The van der Waals surface area contributed by atoms with E-state index >= 15 is 0 Å². The van der Waals surface area contributed by atoms with Gasteiger partial charge >= 0.3 is 11.4 Å². The molecule has 0 atom stereocenters. The first-order valence-electron chi connectivity index (χ1n) is 7.38. The fourth-order valence-corrected chi connectivity index (χ4v) is 2.73. The zero-order chi connectivity index (χ0) is 18.3. The standard InChI is InChI=1S/C16H9N5O5/c22-20(23)12-8-13(21(24)25)15-16(19-26-18-15)14(12)17-11-6-5-9-3-1-2-4-10(9)7-11/h1-8,17H. The largest absolute Gasteiger partial charge is 0.348 e. The van der Waals surface area contributed by atoms with Gasteiger partial charge in [0.15, 0.2) is 5.52 Å². The first kappa shape index (κ1) is 15.4. The van der Waals surface area contributed by atoms with Gasteiger partial charge in [-0.3, -0.25) is 20.2 Å². The van der Waals surface area contributed by atoms with Crippen LogP contribution in [-0.4, -0.2) is 20.2 Å². The second-order valence-electron chi connectivity index (χ2n) is 5.45. The Morgan fingerprint density at radius 2 is 1.54 bits per heavy atom. The van der Waals surface area contributed by atoms with Gasteiger partial charge in [0.2, 0.25) is 5.52 Å². The first-order chi connectivity index (χ1) is 12.5. The number of nitrogens with one attached hydrogen (secondary N) is 1. The van der Waals surface area contributed by atoms with Crippen molar-refractivity contribution in [2.24, 2.45) is 0 Å². The number of nitrogens with zero attached hydrogens (tertiary/aromatic N) is 4. The highest BCUT2D eigenvalue weighted by Gasteiger charge is 2.29. The van der Waals surface area contributed by atoms with Crippen LogP contribution in [-0.2, 0) is 0 Å². The molecule has 1 aromatic heterocycles. The van der Waals surface area contributed by atoms with Gasteiger partial charge < -0.3 is 5.32 Å². The summed E-state index contributed by atoms with van der Waals surface area (Å²) >= 11 is 0. The van der Waals surface area contributed by atoms with E-state index in [0.717, 1.165) is 16.8 Å². The van der Waals surface area contributed by atoms with E-state index in [1.807, 2.05) is 30.3 Å². The second-order valence-corrected chi connectivity index (χ2v) is 5.45. The molecule has 0 aliphatic heterocycles. The molecule has 0 saturated carbocycles. The van der Waals surface area contributed by atoms with Crippen LogP contribution in [0.3, 0.4) is 0 Å². The minimum atomic E-state index is -0.765. The molecule has 10 heteroatoms. The van der Waals surface area contributed by atoms with Crippen molar-refractivity contribution < 1.29 is 14.5 Å². The average Bonchev–Trinajstić information content (AvgIpc) is 3.11. The van der Waals surface area contributed by atoms with Gasteiger partial charge in [-0.05, 0) is 33.2 Å². The molecule has 0 bridgehead atoms. The van der Waals surface area contributed by atoms with Gasteiger partial charge in [0.25, 0.3) is 0 Å². The monoisotopic (exact) mass is 351 g/mol. The Hall–Kier alpha value is -4.08. The lowest BCUT2D eigenvalue weighted by Crippen LogP contribution is -2.01. The molecule has 0 saturated heterocycles. The van der Waals surface area contributed by atoms with Crippen LogP contribution in [0.15, 0.2) is 53.2 Å². The van der Waals surface area contributed by atoms with Gasteiger partial charge in [-0.1, -0.05) is 30.3 Å². The van der Waals surface area contributed by atoms with Crippen LogP contribution in [0.1, 0.15) is 0 Å². The summed E-state index contributed by atoms with van der Waals surface area (Å²) < 4.78 is 4.57. The smallest absolute Gasteiger partial charge is 0.307 e. The van der Waals surface area contributed by atoms with E-state index in [-0.39, 0.29) is 16.7 Å². The molecule has 1 heterocycles. The Bertz CT molecular complexity index is 1190. The maximum atomic E-state index is 11.4. The summed E-state index contributed by atoms with van der Waals surface area (Å²) in [4.78, 5) is 21.1. The van der Waals surface area contributed by atoms with Crippen molar-refractivity contribution in [1.29, 1.82) is 0 Å². The fraction of sp³-hybridized carbons (Fsp3) is 0. The van der Waals surface area contributed by atoms with Crippen molar-refractivity contribution in [2.45, 2.75) is 0 Å². The zero-order valence-corrected chi connectivity index (χ0v) is 12.9. The van der Waals surface area contributed by atoms with E-state index in [4.69, 9.17) is 0 Å². The van der Waals surface area contributed by atoms with Crippen LogP contribution in [0.2, 0.25) is 0 Å². The van der Waals surface area contributed by atoms with Crippen molar-refractivity contribution >= 4 is 44.6 Å². The van der Waals surface area contributed by atoms with Crippen LogP contribution >= 0.6 is 0 Å². The number of hydrogen-bond acceptors (Lipinski definition) is 8. The lowest BCUT2D eigenvalue weighted by atomic mass is 10.1. The molecular formula is C16H9N5O5. The summed E-state index contributed by atoms with van der Waals surface area (Å²) in [6.07, 6.45) is 0. The molecule has 128 valence electrons. The van der Waals surface area contributed by atoms with Crippen molar-refractivity contribution in [3.63, 3.8) is 0 Å². The van der Waals surface area contributed by atoms with Crippen molar-refractivity contribution in [3.8, 4) is 0 Å². The molecule has 1 N–H and O–H groups in total. The van der Waals surface area contributed by atoms with E-state index in [2.05, 4.69) is 20.3 Å². The Balaban J connectivity index is 1.90. The molecule has 0 aliphatic carbocycles. The second kappa shape index (κ2) is 5.77. The van der Waals surface area contributed by atoms with E-state index in [1.165, 1.54) is 0 Å². The summed E-state index contributed by atoms with van der Waals surface area (Å²) in [6.45, 7) is 0. The normalized spacial score (nSPS) is 10.9. The number of anilines is 2. The predicted octanol–water partition coefficient (Wildman–Crippen LogP) is 3.94. The van der Waals surface area contributed by atoms with E-state index < -0.39 is 21.2 Å². The topological polar surface area (TPSA) is 137 Å². The molecule has 0 unspecified atom stereocenters. The molecular weight excluding hydrogens is 342 g/mol. The van der Waals surface area contributed by atoms with Crippen molar-refractivity contribution in [1.82, 2.24) is 10.3 Å². The van der Waals surface area contributed by atoms with Crippen LogP contribution in [0.4, 0.5) is 22.7 Å². The summed E-state index contributed by atoms with van der Waals surface area (Å²) in [5.41, 5.74) is -0.745. The molecule has 0 radical (unpaired) electrons. The van der Waals surface area contributed by atoms with Gasteiger partial charge in [0.05, 0.1) is 15.9 Å². The van der Waals surface area contributed by atoms with Crippen LogP contribution in [0.25, 0.3) is 21.8 Å². The minimum absolute atomic E-state index is 0.0212. The Morgan fingerprint density at radius 3 is 2.27 bits per heavy atom. The molecule has 0 spiro atoms. The third kappa shape index (κ3) is 2.45. The Labute approximate surface area is 144 Å². The minimum Gasteiger partial charge on any atom is -0.348 e. The first-order valence-corrected chi connectivity index (χ1v) is 7.38. The highest BCUT2D eigenvalue weighted by molar-refractivity contribution is 6.00. The Morgan fingerprint density at radius 1 is 0.846 bits per heavy atom. The van der Waals surface area contributed by atoms with Gasteiger partial charge in [0, 0.05) is 5.69 Å². The quantitative estimate of drug-likeness (QED) is 0.431. The summed E-state index contributed by atoms with van der Waals surface area (Å²) in [7, 11) is 0. The van der Waals surface area contributed by atoms with E-state index in [1.54, 1.807) is 12.1 Å². The third-order valence-electron chi connectivity index (χ3n) is 3.91. The lowest BCUT2D eigenvalue weighted by molar-refractivity contribution is -0.392. The molecule has 0 amide bonds. The molecule has 26 heavy (non-hydrogen) atoms. The van der Waals surface area contributed by atoms with Gasteiger partial charge in [-0.2, -0.15) is 0 Å². The molecule has 0 fully saturated rings. The van der Waals surface area contributed by atoms with Gasteiger partial charge in [-0.25, -0.2) is 4.63 Å². The summed E-state index contributed by atoms with van der Waals surface area (Å²) in [5, 5.41) is 34.5. The number of hydrogen-bond donors (Lipinski definition) is 1. The Kier molecular flexibility index (Phi) is 3.43. The van der Waals surface area contributed by atoms with Crippen LogP contribution in [0, 0.1) is 20.2 Å². The number of fused-ring (bicyclic) bond motifs is 2. The van der Waals surface area contributed by atoms with Crippen LogP contribution in [0.5, 0.6) is 0 Å².